The van der Waals surface area contributed by atoms with E-state index >= 15 is 0 Å². The maximum absolute atomic E-state index is 13.4. The van der Waals surface area contributed by atoms with Gasteiger partial charge in [0.25, 0.3) is 5.92 Å². The number of pyridine rings is 1. The molecule has 0 spiro atoms. The Kier molecular flexibility index (Phi) is 4.92. The van der Waals surface area contributed by atoms with E-state index in [9.17, 15) is 18.8 Å². The molecule has 2 aromatic rings. The van der Waals surface area contributed by atoms with E-state index in [1.165, 1.54) is 6.20 Å². The molecule has 1 N–H and O–H groups in total. The fraction of sp³-hybridized carbons (Fsp3) is 0.500. The van der Waals surface area contributed by atoms with Crippen LogP contribution in [0.2, 0.25) is 0 Å². The predicted molar refractivity (Wildman–Crippen MR) is 114 cm³/mol. The first kappa shape index (κ1) is 20.5. The van der Waals surface area contributed by atoms with Gasteiger partial charge in [0.15, 0.2) is 0 Å². The third kappa shape index (κ3) is 3.72. The van der Waals surface area contributed by atoms with E-state index < -0.39 is 11.3 Å². The first-order chi connectivity index (χ1) is 15.4. The Labute approximate surface area is 184 Å². The number of hydrogen-bond donors (Lipinski definition) is 1. The smallest absolute Gasteiger partial charge is 0.251 e. The second kappa shape index (κ2) is 7.65. The van der Waals surface area contributed by atoms with Crippen LogP contribution in [0.15, 0.2) is 30.7 Å². The fourth-order valence-electron chi connectivity index (χ4n) is 4.53. The van der Waals surface area contributed by atoms with Gasteiger partial charge in [-0.05, 0) is 31.2 Å². The molecule has 1 saturated carbocycles. The molecule has 8 nitrogen and oxygen atoms in total. The number of aromatic nitrogens is 3. The van der Waals surface area contributed by atoms with E-state index in [1.807, 2.05) is 0 Å². The molecule has 1 amide bonds. The van der Waals surface area contributed by atoms with Crippen molar-refractivity contribution >= 4 is 29.0 Å². The van der Waals surface area contributed by atoms with Crippen LogP contribution in [0.3, 0.4) is 0 Å². The van der Waals surface area contributed by atoms with E-state index in [1.54, 1.807) is 34.3 Å². The summed E-state index contributed by atoms with van der Waals surface area (Å²) >= 11 is 0. The number of nitrogens with one attached hydrogen (secondary N) is 1. The van der Waals surface area contributed by atoms with Crippen LogP contribution < -0.4 is 15.1 Å². The van der Waals surface area contributed by atoms with Crippen LogP contribution in [0.4, 0.5) is 31.9 Å². The van der Waals surface area contributed by atoms with E-state index in [0.29, 0.717) is 36.1 Å². The van der Waals surface area contributed by atoms with Crippen LogP contribution in [0.1, 0.15) is 32.1 Å². The first-order valence-corrected chi connectivity index (χ1v) is 10.8. The Hall–Kier alpha value is -3.35. The molecule has 166 valence electrons. The minimum atomic E-state index is -2.61. The predicted octanol–water partition coefficient (Wildman–Crippen LogP) is 3.51. The molecule has 3 aliphatic rings. The third-order valence-corrected chi connectivity index (χ3v) is 6.60. The highest BCUT2D eigenvalue weighted by atomic mass is 19.3. The Morgan fingerprint density at radius 2 is 1.84 bits per heavy atom. The molecule has 10 heteroatoms. The lowest BCUT2D eigenvalue weighted by Crippen LogP contribution is -2.39. The number of alkyl halides is 2. The van der Waals surface area contributed by atoms with Crippen LogP contribution in [0.5, 0.6) is 0 Å². The second-order valence-electron chi connectivity index (χ2n) is 8.69. The van der Waals surface area contributed by atoms with Crippen molar-refractivity contribution in [3.8, 4) is 6.07 Å². The van der Waals surface area contributed by atoms with Gasteiger partial charge in [0.1, 0.15) is 22.9 Å². The van der Waals surface area contributed by atoms with Crippen molar-refractivity contribution in [2.24, 2.45) is 11.3 Å². The second-order valence-corrected chi connectivity index (χ2v) is 8.69. The summed E-state index contributed by atoms with van der Waals surface area (Å²) in [6.07, 6.45) is 6.73. The van der Waals surface area contributed by atoms with Gasteiger partial charge in [0, 0.05) is 50.4 Å². The average molecular weight is 439 g/mol. The van der Waals surface area contributed by atoms with Crippen molar-refractivity contribution in [3.63, 3.8) is 0 Å². The lowest BCUT2D eigenvalue weighted by Gasteiger charge is -2.32. The number of anilines is 4. The summed E-state index contributed by atoms with van der Waals surface area (Å²) in [5, 5.41) is 12.7. The zero-order valence-electron chi connectivity index (χ0n) is 17.5. The van der Waals surface area contributed by atoms with E-state index in [2.05, 4.69) is 26.3 Å². The van der Waals surface area contributed by atoms with Crippen molar-refractivity contribution in [1.82, 2.24) is 15.0 Å². The highest BCUT2D eigenvalue weighted by Crippen LogP contribution is 2.51. The van der Waals surface area contributed by atoms with Gasteiger partial charge in [-0.25, -0.2) is 23.7 Å². The number of nitriles is 1. The molecule has 2 aliphatic heterocycles. The van der Waals surface area contributed by atoms with Crippen LogP contribution in [-0.4, -0.2) is 46.4 Å². The van der Waals surface area contributed by atoms with Crippen molar-refractivity contribution in [1.29, 1.82) is 5.26 Å². The van der Waals surface area contributed by atoms with E-state index in [-0.39, 0.29) is 37.8 Å². The lowest BCUT2D eigenvalue weighted by atomic mass is 9.83. The molecular formula is C22H23F2N7O. The molecule has 3 fully saturated rings. The number of carbonyl (C=O) groups is 1. The van der Waals surface area contributed by atoms with Gasteiger partial charge in [0.05, 0.1) is 18.5 Å². The summed E-state index contributed by atoms with van der Waals surface area (Å²) in [5.74, 6) is -1.05. The number of amides is 1. The summed E-state index contributed by atoms with van der Waals surface area (Å²) in [7, 11) is 0. The van der Waals surface area contributed by atoms with E-state index in [0.717, 1.165) is 12.8 Å². The van der Waals surface area contributed by atoms with Gasteiger partial charge in [-0.3, -0.25) is 4.79 Å². The average Bonchev–Trinajstić information content (AvgIpc) is 3.58. The molecule has 0 bridgehead atoms. The number of hydrogen-bond acceptors (Lipinski definition) is 7. The standard InChI is InChI=1S/C22H23F2N7O/c23-22(24)5-8-30(9-6-22)19-13-27-18(12-28-19)29-17-11-16(3-7-26-17)31-10-4-21(14-25,20(31)32)15-1-2-15/h3,7,11-13,15H,1-2,4-6,8-10H2,(H,26,27,29)/t21-/m1/s1. The molecule has 2 aromatic heterocycles. The minimum Gasteiger partial charge on any atom is -0.355 e. The maximum Gasteiger partial charge on any atom is 0.251 e. The monoisotopic (exact) mass is 439 g/mol. The molecule has 1 atom stereocenters. The topological polar surface area (TPSA) is 98.0 Å². The molecule has 2 saturated heterocycles. The summed E-state index contributed by atoms with van der Waals surface area (Å²) in [4.78, 5) is 29.4. The Morgan fingerprint density at radius 3 is 2.50 bits per heavy atom. The molecule has 0 radical (unpaired) electrons. The lowest BCUT2D eigenvalue weighted by molar-refractivity contribution is -0.123. The summed E-state index contributed by atoms with van der Waals surface area (Å²) in [6.45, 7) is 0.996. The Bertz CT molecular complexity index is 1060. The van der Waals surface area contributed by atoms with E-state index in [4.69, 9.17) is 0 Å². The van der Waals surface area contributed by atoms with Crippen molar-refractivity contribution < 1.29 is 13.6 Å². The van der Waals surface area contributed by atoms with Gasteiger partial charge in [-0.15, -0.1) is 0 Å². The number of rotatable bonds is 5. The third-order valence-electron chi connectivity index (χ3n) is 6.60. The summed E-state index contributed by atoms with van der Waals surface area (Å²) in [6, 6.07) is 5.80. The van der Waals surface area contributed by atoms with Crippen molar-refractivity contribution in [2.45, 2.75) is 38.0 Å². The van der Waals surface area contributed by atoms with Crippen LogP contribution in [0, 0.1) is 22.7 Å². The number of nitrogens with zero attached hydrogens (tertiary/aromatic N) is 6. The Balaban J connectivity index is 1.27. The quantitative estimate of drug-likeness (QED) is 0.761. The van der Waals surface area contributed by atoms with Gasteiger partial charge in [-0.2, -0.15) is 5.26 Å². The molecule has 0 unspecified atom stereocenters. The molecule has 4 heterocycles. The van der Waals surface area contributed by atoms with Gasteiger partial charge in [-0.1, -0.05) is 0 Å². The van der Waals surface area contributed by atoms with Crippen molar-refractivity contribution in [3.05, 3.63) is 30.7 Å². The molecular weight excluding hydrogens is 416 g/mol. The summed E-state index contributed by atoms with van der Waals surface area (Å²) in [5.41, 5.74) is -0.208. The molecule has 0 aromatic carbocycles. The molecule has 5 rings (SSSR count). The van der Waals surface area contributed by atoms with Gasteiger partial charge >= 0.3 is 0 Å². The zero-order chi connectivity index (χ0) is 22.3. The fourth-order valence-corrected chi connectivity index (χ4v) is 4.53. The first-order valence-electron chi connectivity index (χ1n) is 10.8. The van der Waals surface area contributed by atoms with Crippen LogP contribution in [0.25, 0.3) is 0 Å². The minimum absolute atomic E-state index is 0.129. The van der Waals surface area contributed by atoms with Gasteiger partial charge < -0.3 is 15.1 Å². The van der Waals surface area contributed by atoms with Gasteiger partial charge in [0.2, 0.25) is 5.91 Å². The van der Waals surface area contributed by atoms with Crippen molar-refractivity contribution in [2.75, 3.05) is 34.8 Å². The molecule has 32 heavy (non-hydrogen) atoms. The molecule has 1 aliphatic carbocycles. The maximum atomic E-state index is 13.4. The number of halogens is 2. The van der Waals surface area contributed by atoms with Crippen LogP contribution in [-0.2, 0) is 4.79 Å². The number of carbonyl (C=O) groups excluding carboxylic acids is 1. The number of piperidine rings is 1. The summed E-state index contributed by atoms with van der Waals surface area (Å²) < 4.78 is 26.7. The zero-order valence-corrected chi connectivity index (χ0v) is 17.5. The Morgan fingerprint density at radius 1 is 1.06 bits per heavy atom. The van der Waals surface area contributed by atoms with Crippen LogP contribution >= 0.6 is 0 Å². The highest BCUT2D eigenvalue weighted by molar-refractivity contribution is 6.02. The normalized spacial score (nSPS) is 25.0. The SMILES string of the molecule is N#C[C@@]1(C2CC2)CCN(c2ccnc(Nc3cnc(N4CCC(F)(F)CC4)cn3)c2)C1=O. The largest absolute Gasteiger partial charge is 0.355 e. The highest BCUT2D eigenvalue weighted by Gasteiger charge is 2.56.